The standard InChI is InChI=1S/C10H15NO3/c1-10(2,9(12)13-3)8(11)7-5-4-6-14-7/h4-6,8H,11H2,1-3H3/t8-/m0/s1. The van der Waals surface area contributed by atoms with E-state index in [0.29, 0.717) is 5.76 Å². The molecule has 2 N–H and O–H groups in total. The maximum Gasteiger partial charge on any atom is 0.313 e. The van der Waals surface area contributed by atoms with Crippen LogP contribution in [0.3, 0.4) is 0 Å². The second-order valence-electron chi connectivity index (χ2n) is 3.71. The Bertz CT molecular complexity index is 303. The van der Waals surface area contributed by atoms with Crippen molar-refractivity contribution in [1.29, 1.82) is 0 Å². The van der Waals surface area contributed by atoms with Crippen LogP contribution in [0.1, 0.15) is 25.6 Å². The minimum Gasteiger partial charge on any atom is -0.469 e. The van der Waals surface area contributed by atoms with Crippen LogP contribution in [-0.2, 0) is 9.53 Å². The van der Waals surface area contributed by atoms with E-state index in [0.717, 1.165) is 0 Å². The average Bonchev–Trinajstić information content (AvgIpc) is 2.67. The second-order valence-corrected chi connectivity index (χ2v) is 3.71. The van der Waals surface area contributed by atoms with E-state index in [1.165, 1.54) is 13.4 Å². The molecule has 0 amide bonds. The predicted octanol–water partition coefficient (Wildman–Crippen LogP) is 1.48. The van der Waals surface area contributed by atoms with Crippen molar-refractivity contribution in [2.75, 3.05) is 7.11 Å². The van der Waals surface area contributed by atoms with E-state index in [1.54, 1.807) is 26.0 Å². The van der Waals surface area contributed by atoms with Crippen molar-refractivity contribution in [3.8, 4) is 0 Å². The van der Waals surface area contributed by atoms with Gasteiger partial charge in [-0.3, -0.25) is 4.79 Å². The van der Waals surface area contributed by atoms with E-state index in [2.05, 4.69) is 4.74 Å². The summed E-state index contributed by atoms with van der Waals surface area (Å²) < 4.78 is 9.82. The fraction of sp³-hybridized carbons (Fsp3) is 0.500. The van der Waals surface area contributed by atoms with E-state index in [9.17, 15) is 4.79 Å². The molecule has 0 unspecified atom stereocenters. The van der Waals surface area contributed by atoms with Crippen LogP contribution in [0.15, 0.2) is 22.8 Å². The molecular formula is C10H15NO3. The molecule has 0 saturated carbocycles. The lowest BCUT2D eigenvalue weighted by Crippen LogP contribution is -2.37. The summed E-state index contributed by atoms with van der Waals surface area (Å²) >= 11 is 0. The van der Waals surface area contributed by atoms with Crippen LogP contribution in [0, 0.1) is 5.41 Å². The van der Waals surface area contributed by atoms with Gasteiger partial charge in [0.2, 0.25) is 0 Å². The molecule has 0 fully saturated rings. The van der Waals surface area contributed by atoms with E-state index in [-0.39, 0.29) is 5.97 Å². The van der Waals surface area contributed by atoms with Crippen molar-refractivity contribution < 1.29 is 13.9 Å². The fourth-order valence-electron chi connectivity index (χ4n) is 1.21. The van der Waals surface area contributed by atoms with Crippen molar-refractivity contribution in [2.24, 2.45) is 11.1 Å². The predicted molar refractivity (Wildman–Crippen MR) is 51.4 cm³/mol. The summed E-state index contributed by atoms with van der Waals surface area (Å²) in [7, 11) is 1.35. The Morgan fingerprint density at radius 1 is 1.64 bits per heavy atom. The van der Waals surface area contributed by atoms with Crippen LogP contribution in [0.4, 0.5) is 0 Å². The Labute approximate surface area is 83.0 Å². The van der Waals surface area contributed by atoms with Crippen molar-refractivity contribution in [3.05, 3.63) is 24.2 Å². The molecule has 0 aliphatic heterocycles. The first-order valence-corrected chi connectivity index (χ1v) is 4.37. The first-order chi connectivity index (χ1) is 6.50. The van der Waals surface area contributed by atoms with Gasteiger partial charge in [-0.2, -0.15) is 0 Å². The largest absolute Gasteiger partial charge is 0.469 e. The topological polar surface area (TPSA) is 65.5 Å². The smallest absolute Gasteiger partial charge is 0.313 e. The first kappa shape index (κ1) is 10.8. The van der Waals surface area contributed by atoms with Crippen LogP contribution in [0.5, 0.6) is 0 Å². The number of hydrogen-bond donors (Lipinski definition) is 1. The maximum atomic E-state index is 11.4. The molecule has 1 aromatic heterocycles. The Hall–Kier alpha value is -1.29. The highest BCUT2D eigenvalue weighted by atomic mass is 16.5. The third kappa shape index (κ3) is 1.80. The molecule has 78 valence electrons. The van der Waals surface area contributed by atoms with Gasteiger partial charge in [0.05, 0.1) is 24.8 Å². The number of rotatable bonds is 3. The molecule has 4 heteroatoms. The second kappa shape index (κ2) is 3.84. The van der Waals surface area contributed by atoms with Gasteiger partial charge in [0.25, 0.3) is 0 Å². The van der Waals surface area contributed by atoms with Gasteiger partial charge in [-0.15, -0.1) is 0 Å². The number of carbonyl (C=O) groups excluding carboxylic acids is 1. The van der Waals surface area contributed by atoms with Crippen molar-refractivity contribution in [1.82, 2.24) is 0 Å². The zero-order chi connectivity index (χ0) is 10.8. The molecule has 0 aliphatic rings. The molecule has 1 rings (SSSR count). The summed E-state index contributed by atoms with van der Waals surface area (Å²) in [6.07, 6.45) is 1.53. The highest BCUT2D eigenvalue weighted by Crippen LogP contribution is 2.32. The highest BCUT2D eigenvalue weighted by molar-refractivity contribution is 5.76. The van der Waals surface area contributed by atoms with Gasteiger partial charge in [-0.25, -0.2) is 0 Å². The van der Waals surface area contributed by atoms with Crippen LogP contribution in [0.25, 0.3) is 0 Å². The molecule has 14 heavy (non-hydrogen) atoms. The number of esters is 1. The molecule has 0 bridgehead atoms. The Kier molecular flexibility index (Phi) is 2.96. The summed E-state index contributed by atoms with van der Waals surface area (Å²) in [5.74, 6) is 0.238. The average molecular weight is 197 g/mol. The van der Waals surface area contributed by atoms with Crippen LogP contribution < -0.4 is 5.73 Å². The summed E-state index contributed by atoms with van der Waals surface area (Å²) in [6.45, 7) is 3.46. The lowest BCUT2D eigenvalue weighted by atomic mass is 9.83. The summed E-state index contributed by atoms with van der Waals surface area (Å²) in [6, 6.07) is 2.99. The number of methoxy groups -OCH3 is 1. The number of carbonyl (C=O) groups is 1. The first-order valence-electron chi connectivity index (χ1n) is 4.37. The highest BCUT2D eigenvalue weighted by Gasteiger charge is 2.37. The molecule has 1 heterocycles. The summed E-state index contributed by atoms with van der Waals surface area (Å²) in [4.78, 5) is 11.4. The third-order valence-corrected chi connectivity index (χ3v) is 2.34. The van der Waals surface area contributed by atoms with Gasteiger partial charge in [-0.1, -0.05) is 0 Å². The monoisotopic (exact) mass is 197 g/mol. The van der Waals surface area contributed by atoms with Crippen LogP contribution in [-0.4, -0.2) is 13.1 Å². The van der Waals surface area contributed by atoms with E-state index < -0.39 is 11.5 Å². The van der Waals surface area contributed by atoms with E-state index in [1.807, 2.05) is 0 Å². The number of furan rings is 1. The van der Waals surface area contributed by atoms with Crippen molar-refractivity contribution in [3.63, 3.8) is 0 Å². The van der Waals surface area contributed by atoms with Gasteiger partial charge in [0.1, 0.15) is 5.76 Å². The fourth-order valence-corrected chi connectivity index (χ4v) is 1.21. The Balaban J connectivity index is 2.88. The minimum absolute atomic E-state index is 0.346. The molecule has 1 aromatic rings. The Morgan fingerprint density at radius 3 is 2.71 bits per heavy atom. The van der Waals surface area contributed by atoms with Gasteiger partial charge in [0, 0.05) is 0 Å². The number of ether oxygens (including phenoxy) is 1. The maximum absolute atomic E-state index is 11.4. The van der Waals surface area contributed by atoms with E-state index >= 15 is 0 Å². The number of nitrogens with two attached hydrogens (primary N) is 1. The molecular weight excluding hydrogens is 182 g/mol. The quantitative estimate of drug-likeness (QED) is 0.745. The zero-order valence-electron chi connectivity index (χ0n) is 8.61. The molecule has 0 saturated heterocycles. The third-order valence-electron chi connectivity index (χ3n) is 2.34. The molecule has 0 aromatic carbocycles. The molecule has 0 spiro atoms. The van der Waals surface area contributed by atoms with E-state index in [4.69, 9.17) is 10.2 Å². The van der Waals surface area contributed by atoms with Crippen molar-refractivity contribution >= 4 is 5.97 Å². The van der Waals surface area contributed by atoms with Gasteiger partial charge in [0.15, 0.2) is 0 Å². The molecule has 1 atom stereocenters. The lowest BCUT2D eigenvalue weighted by Gasteiger charge is -2.26. The SMILES string of the molecule is COC(=O)C(C)(C)[C@@H](N)c1ccco1. The molecule has 0 radical (unpaired) electrons. The normalized spacial score (nSPS) is 13.7. The van der Waals surface area contributed by atoms with Gasteiger partial charge >= 0.3 is 5.97 Å². The molecule has 4 nitrogen and oxygen atoms in total. The summed E-state index contributed by atoms with van der Waals surface area (Å²) in [5, 5.41) is 0. The van der Waals surface area contributed by atoms with Crippen LogP contribution in [0.2, 0.25) is 0 Å². The lowest BCUT2D eigenvalue weighted by molar-refractivity contribution is -0.152. The van der Waals surface area contributed by atoms with Gasteiger partial charge < -0.3 is 14.9 Å². The molecule has 0 aliphatic carbocycles. The van der Waals surface area contributed by atoms with Crippen molar-refractivity contribution in [2.45, 2.75) is 19.9 Å². The Morgan fingerprint density at radius 2 is 2.29 bits per heavy atom. The van der Waals surface area contributed by atoms with Crippen LogP contribution >= 0.6 is 0 Å². The zero-order valence-corrected chi connectivity index (χ0v) is 8.61. The minimum atomic E-state index is -0.785. The van der Waals surface area contributed by atoms with Gasteiger partial charge in [-0.05, 0) is 26.0 Å². The number of hydrogen-bond acceptors (Lipinski definition) is 4. The summed E-state index contributed by atoms with van der Waals surface area (Å²) in [5.41, 5.74) is 5.11.